The van der Waals surface area contributed by atoms with Gasteiger partial charge in [0.1, 0.15) is 5.69 Å². The van der Waals surface area contributed by atoms with Crippen molar-refractivity contribution in [2.45, 2.75) is 20.3 Å². The first-order valence-electron chi connectivity index (χ1n) is 5.64. The molecule has 0 saturated carbocycles. The Morgan fingerprint density at radius 3 is 2.82 bits per heavy atom. The number of nitro groups is 1. The van der Waals surface area contributed by atoms with E-state index in [9.17, 15) is 10.1 Å². The summed E-state index contributed by atoms with van der Waals surface area (Å²) in [6.07, 6.45) is 0.687. The van der Waals surface area contributed by atoms with Gasteiger partial charge in [0.2, 0.25) is 0 Å². The Morgan fingerprint density at radius 1 is 1.53 bits per heavy atom. The monoisotopic (exact) mass is 238 g/mol. The number of hydrogen-bond acceptors (Lipinski definition) is 4. The van der Waals surface area contributed by atoms with Crippen molar-refractivity contribution in [2.75, 3.05) is 18.5 Å². The van der Waals surface area contributed by atoms with Crippen LogP contribution in [0.5, 0.6) is 0 Å². The molecule has 0 saturated heterocycles. The van der Waals surface area contributed by atoms with E-state index in [0.29, 0.717) is 18.7 Å². The maximum atomic E-state index is 10.8. The van der Waals surface area contributed by atoms with Crippen LogP contribution in [0.1, 0.15) is 18.9 Å². The van der Waals surface area contributed by atoms with Crippen molar-refractivity contribution in [3.05, 3.63) is 33.9 Å². The van der Waals surface area contributed by atoms with Gasteiger partial charge in [-0.1, -0.05) is 13.0 Å². The molecule has 2 N–H and O–H groups in total. The predicted molar refractivity (Wildman–Crippen MR) is 67.2 cm³/mol. The van der Waals surface area contributed by atoms with Crippen LogP contribution in [-0.2, 0) is 0 Å². The summed E-state index contributed by atoms with van der Waals surface area (Å²) in [5.74, 6) is 0.278. The van der Waals surface area contributed by atoms with Crippen LogP contribution in [0.15, 0.2) is 18.2 Å². The van der Waals surface area contributed by atoms with Gasteiger partial charge in [0, 0.05) is 19.2 Å². The zero-order valence-corrected chi connectivity index (χ0v) is 10.1. The van der Waals surface area contributed by atoms with E-state index >= 15 is 0 Å². The Hall–Kier alpha value is -1.62. The second-order valence-electron chi connectivity index (χ2n) is 4.28. The largest absolute Gasteiger partial charge is 0.396 e. The first-order chi connectivity index (χ1) is 8.04. The molecule has 1 aromatic rings. The number of aliphatic hydroxyl groups excluding tert-OH is 1. The van der Waals surface area contributed by atoms with Crippen LogP contribution in [0.25, 0.3) is 0 Å². The lowest BCUT2D eigenvalue weighted by molar-refractivity contribution is -0.384. The summed E-state index contributed by atoms with van der Waals surface area (Å²) >= 11 is 0. The molecule has 0 amide bonds. The van der Waals surface area contributed by atoms with Crippen LogP contribution < -0.4 is 5.32 Å². The molecular weight excluding hydrogens is 220 g/mol. The average Bonchev–Trinajstić information content (AvgIpc) is 2.26. The van der Waals surface area contributed by atoms with Crippen LogP contribution in [0.4, 0.5) is 11.4 Å². The number of rotatable bonds is 6. The highest BCUT2D eigenvalue weighted by molar-refractivity contribution is 5.62. The standard InChI is InChI=1S/C12H18N2O3/c1-9-3-4-12(14(16)17)11(7-9)13-8-10(2)5-6-15/h3-4,7,10,13,15H,5-6,8H2,1-2H3. The van der Waals surface area contributed by atoms with Crippen molar-refractivity contribution in [3.8, 4) is 0 Å². The molecule has 17 heavy (non-hydrogen) atoms. The van der Waals surface area contributed by atoms with E-state index in [2.05, 4.69) is 5.32 Å². The van der Waals surface area contributed by atoms with Crippen LogP contribution >= 0.6 is 0 Å². The van der Waals surface area contributed by atoms with Gasteiger partial charge in [-0.3, -0.25) is 10.1 Å². The molecule has 1 aromatic carbocycles. The Balaban J connectivity index is 2.75. The van der Waals surface area contributed by atoms with Crippen LogP contribution in [-0.4, -0.2) is 23.2 Å². The predicted octanol–water partition coefficient (Wildman–Crippen LogP) is 2.33. The lowest BCUT2D eigenvalue weighted by Crippen LogP contribution is -2.13. The number of anilines is 1. The molecular formula is C12H18N2O3. The molecule has 0 fully saturated rings. The second-order valence-corrected chi connectivity index (χ2v) is 4.28. The molecule has 1 rings (SSSR count). The molecule has 1 unspecified atom stereocenters. The lowest BCUT2D eigenvalue weighted by atomic mass is 10.1. The maximum Gasteiger partial charge on any atom is 0.292 e. The fraction of sp³-hybridized carbons (Fsp3) is 0.500. The molecule has 1 atom stereocenters. The number of nitro benzene ring substituents is 1. The summed E-state index contributed by atoms with van der Waals surface area (Å²) in [6, 6.07) is 5.00. The van der Waals surface area contributed by atoms with E-state index < -0.39 is 4.92 Å². The number of benzene rings is 1. The Bertz CT molecular complexity index is 393. The van der Waals surface area contributed by atoms with Crippen LogP contribution in [0, 0.1) is 23.0 Å². The molecule has 94 valence electrons. The first-order valence-corrected chi connectivity index (χ1v) is 5.64. The van der Waals surface area contributed by atoms with Gasteiger partial charge in [0.15, 0.2) is 0 Å². The van der Waals surface area contributed by atoms with E-state index in [-0.39, 0.29) is 18.2 Å². The molecule has 5 nitrogen and oxygen atoms in total. The SMILES string of the molecule is Cc1ccc([N+](=O)[O-])c(NCC(C)CCO)c1. The van der Waals surface area contributed by atoms with Gasteiger partial charge >= 0.3 is 0 Å². The molecule has 0 aliphatic carbocycles. The summed E-state index contributed by atoms with van der Waals surface area (Å²) in [5, 5.41) is 22.7. The molecule has 0 bridgehead atoms. The maximum absolute atomic E-state index is 10.8. The third kappa shape index (κ3) is 4.03. The van der Waals surface area contributed by atoms with E-state index in [4.69, 9.17) is 5.11 Å². The molecule has 5 heteroatoms. The molecule has 0 aromatic heterocycles. The minimum Gasteiger partial charge on any atom is -0.396 e. The molecule has 0 aliphatic heterocycles. The summed E-state index contributed by atoms with van der Waals surface area (Å²) < 4.78 is 0. The highest BCUT2D eigenvalue weighted by atomic mass is 16.6. The summed E-state index contributed by atoms with van der Waals surface area (Å²) in [4.78, 5) is 10.4. The van der Waals surface area contributed by atoms with E-state index in [1.54, 1.807) is 12.1 Å². The zero-order chi connectivity index (χ0) is 12.8. The van der Waals surface area contributed by atoms with E-state index in [1.807, 2.05) is 13.8 Å². The van der Waals surface area contributed by atoms with Crippen LogP contribution in [0.3, 0.4) is 0 Å². The third-order valence-electron chi connectivity index (χ3n) is 2.61. The van der Waals surface area contributed by atoms with Crippen molar-refractivity contribution < 1.29 is 10.0 Å². The molecule has 0 radical (unpaired) electrons. The van der Waals surface area contributed by atoms with Gasteiger partial charge in [0.25, 0.3) is 5.69 Å². The number of aliphatic hydroxyl groups is 1. The smallest absolute Gasteiger partial charge is 0.292 e. The van der Waals surface area contributed by atoms with Gasteiger partial charge < -0.3 is 10.4 Å². The fourth-order valence-electron chi connectivity index (χ4n) is 1.56. The van der Waals surface area contributed by atoms with Gasteiger partial charge in [-0.25, -0.2) is 0 Å². The minimum absolute atomic E-state index is 0.0896. The lowest BCUT2D eigenvalue weighted by Gasteiger charge is -2.12. The van der Waals surface area contributed by atoms with Crippen molar-refractivity contribution in [1.29, 1.82) is 0 Å². The number of aryl methyl sites for hydroxylation is 1. The summed E-state index contributed by atoms with van der Waals surface area (Å²) in [7, 11) is 0. The zero-order valence-electron chi connectivity index (χ0n) is 10.1. The van der Waals surface area contributed by atoms with Crippen molar-refractivity contribution in [1.82, 2.24) is 0 Å². The quantitative estimate of drug-likeness (QED) is 0.589. The third-order valence-corrected chi connectivity index (χ3v) is 2.61. The van der Waals surface area contributed by atoms with Crippen molar-refractivity contribution in [3.63, 3.8) is 0 Å². The summed E-state index contributed by atoms with van der Waals surface area (Å²) in [5.41, 5.74) is 1.61. The molecule has 0 spiro atoms. The highest BCUT2D eigenvalue weighted by Gasteiger charge is 2.13. The summed E-state index contributed by atoms with van der Waals surface area (Å²) in [6.45, 7) is 4.64. The van der Waals surface area contributed by atoms with E-state index in [0.717, 1.165) is 5.56 Å². The normalized spacial score (nSPS) is 12.2. The van der Waals surface area contributed by atoms with Gasteiger partial charge in [-0.15, -0.1) is 0 Å². The van der Waals surface area contributed by atoms with Gasteiger partial charge in [-0.05, 0) is 30.9 Å². The van der Waals surface area contributed by atoms with Gasteiger partial charge in [-0.2, -0.15) is 0 Å². The number of nitrogens with one attached hydrogen (secondary N) is 1. The Morgan fingerprint density at radius 2 is 2.24 bits per heavy atom. The first kappa shape index (κ1) is 13.4. The second kappa shape index (κ2) is 6.20. The van der Waals surface area contributed by atoms with Gasteiger partial charge in [0.05, 0.1) is 4.92 Å². The molecule has 0 heterocycles. The molecule has 0 aliphatic rings. The Labute approximate surface area is 101 Å². The van der Waals surface area contributed by atoms with Crippen molar-refractivity contribution >= 4 is 11.4 Å². The van der Waals surface area contributed by atoms with Crippen LogP contribution in [0.2, 0.25) is 0 Å². The highest BCUT2D eigenvalue weighted by Crippen LogP contribution is 2.25. The average molecular weight is 238 g/mol. The topological polar surface area (TPSA) is 75.4 Å². The number of hydrogen-bond donors (Lipinski definition) is 2. The number of nitrogens with zero attached hydrogens (tertiary/aromatic N) is 1. The Kier molecular flexibility index (Phi) is 4.90. The minimum atomic E-state index is -0.390. The fourth-order valence-corrected chi connectivity index (χ4v) is 1.56. The van der Waals surface area contributed by atoms with E-state index in [1.165, 1.54) is 6.07 Å². The van der Waals surface area contributed by atoms with Crippen molar-refractivity contribution in [2.24, 2.45) is 5.92 Å².